The molecule has 0 saturated heterocycles. The van der Waals surface area contributed by atoms with Gasteiger partial charge in [0.05, 0.1) is 17.8 Å². The molecule has 5 nitrogen and oxygen atoms in total. The number of rotatable bonds is 5. The highest BCUT2D eigenvalue weighted by Gasteiger charge is 2.14. The standard InChI is InChI=1S/C20H16ClN3O2/c1-24(17-4-2-3-14(11-17)12-22)20(25)10-9-19-23-13-18(26-19)15-5-7-16(21)8-6-15/h2-8,11,13H,9-10H2,1H3. The quantitative estimate of drug-likeness (QED) is 0.669. The zero-order valence-electron chi connectivity index (χ0n) is 14.1. The van der Waals surface area contributed by atoms with E-state index in [4.69, 9.17) is 21.3 Å². The number of nitrogens with zero attached hydrogens (tertiary/aromatic N) is 3. The third-order valence-corrected chi connectivity index (χ3v) is 4.22. The Balaban J connectivity index is 1.62. The average Bonchev–Trinajstić information content (AvgIpc) is 3.15. The van der Waals surface area contributed by atoms with E-state index in [0.717, 1.165) is 5.56 Å². The second kappa shape index (κ2) is 7.85. The average molecular weight is 366 g/mol. The number of hydrogen-bond acceptors (Lipinski definition) is 4. The van der Waals surface area contributed by atoms with Gasteiger partial charge in [0.2, 0.25) is 5.91 Å². The van der Waals surface area contributed by atoms with E-state index < -0.39 is 0 Å². The van der Waals surface area contributed by atoms with E-state index in [1.54, 1.807) is 49.6 Å². The van der Waals surface area contributed by atoms with Gasteiger partial charge in [0, 0.05) is 36.2 Å². The number of oxazole rings is 1. The van der Waals surface area contributed by atoms with E-state index in [0.29, 0.717) is 34.3 Å². The zero-order valence-corrected chi connectivity index (χ0v) is 14.9. The molecule has 1 aromatic heterocycles. The largest absolute Gasteiger partial charge is 0.441 e. The maximum Gasteiger partial charge on any atom is 0.227 e. The number of carbonyl (C=O) groups is 1. The Kier molecular flexibility index (Phi) is 5.35. The molecule has 0 saturated carbocycles. The van der Waals surface area contributed by atoms with Crippen LogP contribution >= 0.6 is 11.6 Å². The lowest BCUT2D eigenvalue weighted by Crippen LogP contribution is -2.26. The van der Waals surface area contributed by atoms with Crippen molar-refractivity contribution < 1.29 is 9.21 Å². The third-order valence-electron chi connectivity index (χ3n) is 3.97. The molecule has 0 atom stereocenters. The van der Waals surface area contributed by atoms with Gasteiger partial charge in [-0.1, -0.05) is 17.7 Å². The Hall–Kier alpha value is -3.10. The monoisotopic (exact) mass is 365 g/mol. The van der Waals surface area contributed by atoms with Crippen molar-refractivity contribution in [3.63, 3.8) is 0 Å². The van der Waals surface area contributed by atoms with Crippen LogP contribution in [-0.4, -0.2) is 17.9 Å². The molecule has 0 aliphatic heterocycles. The second-order valence-corrected chi connectivity index (χ2v) is 6.18. The summed E-state index contributed by atoms with van der Waals surface area (Å²) in [5.74, 6) is 1.06. The molecule has 0 N–H and O–H groups in total. The Bertz CT molecular complexity index is 958. The van der Waals surface area contributed by atoms with Crippen LogP contribution in [0.2, 0.25) is 5.02 Å². The number of aryl methyl sites for hydroxylation is 1. The molecule has 26 heavy (non-hydrogen) atoms. The number of benzene rings is 2. The maximum absolute atomic E-state index is 12.4. The Labute approximate surface area is 156 Å². The Morgan fingerprint density at radius 1 is 1.27 bits per heavy atom. The highest BCUT2D eigenvalue weighted by molar-refractivity contribution is 6.30. The van der Waals surface area contributed by atoms with Gasteiger partial charge in [0.15, 0.2) is 11.7 Å². The predicted molar refractivity (Wildman–Crippen MR) is 99.8 cm³/mol. The Morgan fingerprint density at radius 2 is 2.04 bits per heavy atom. The molecule has 130 valence electrons. The van der Waals surface area contributed by atoms with E-state index in [-0.39, 0.29) is 12.3 Å². The summed E-state index contributed by atoms with van der Waals surface area (Å²) in [6, 6.07) is 16.3. The van der Waals surface area contributed by atoms with E-state index in [2.05, 4.69) is 11.1 Å². The van der Waals surface area contributed by atoms with Crippen molar-refractivity contribution in [3.05, 3.63) is 71.2 Å². The van der Waals surface area contributed by atoms with Gasteiger partial charge in [-0.15, -0.1) is 0 Å². The lowest BCUT2D eigenvalue weighted by atomic mass is 10.2. The van der Waals surface area contributed by atoms with Gasteiger partial charge in [-0.2, -0.15) is 5.26 Å². The fraction of sp³-hybridized carbons (Fsp3) is 0.150. The van der Waals surface area contributed by atoms with Gasteiger partial charge < -0.3 is 9.32 Å². The fourth-order valence-corrected chi connectivity index (χ4v) is 2.61. The minimum absolute atomic E-state index is 0.0775. The third kappa shape index (κ3) is 4.11. The van der Waals surface area contributed by atoms with E-state index in [1.807, 2.05) is 12.1 Å². The van der Waals surface area contributed by atoms with Crippen LogP contribution in [0.5, 0.6) is 0 Å². The zero-order chi connectivity index (χ0) is 18.5. The molecule has 0 radical (unpaired) electrons. The van der Waals surface area contributed by atoms with Crippen molar-refractivity contribution >= 4 is 23.2 Å². The smallest absolute Gasteiger partial charge is 0.227 e. The highest BCUT2D eigenvalue weighted by atomic mass is 35.5. The SMILES string of the molecule is CN(C(=O)CCc1ncc(-c2ccc(Cl)cc2)o1)c1cccc(C#N)c1. The highest BCUT2D eigenvalue weighted by Crippen LogP contribution is 2.23. The molecule has 0 aliphatic rings. The normalized spacial score (nSPS) is 10.3. The van der Waals surface area contributed by atoms with Crippen LogP contribution in [0.1, 0.15) is 17.9 Å². The van der Waals surface area contributed by atoms with Crippen LogP contribution in [0.4, 0.5) is 5.69 Å². The molecule has 0 fully saturated rings. The summed E-state index contributed by atoms with van der Waals surface area (Å²) in [6.45, 7) is 0. The molecule has 0 aliphatic carbocycles. The molecule has 0 spiro atoms. The molecular weight excluding hydrogens is 350 g/mol. The lowest BCUT2D eigenvalue weighted by Gasteiger charge is -2.17. The minimum atomic E-state index is -0.0775. The van der Waals surface area contributed by atoms with Gasteiger partial charge in [0.1, 0.15) is 0 Å². The van der Waals surface area contributed by atoms with Crippen LogP contribution in [0, 0.1) is 11.3 Å². The van der Waals surface area contributed by atoms with Gasteiger partial charge in [-0.25, -0.2) is 4.98 Å². The molecule has 1 amide bonds. The second-order valence-electron chi connectivity index (χ2n) is 5.74. The minimum Gasteiger partial charge on any atom is -0.441 e. The summed E-state index contributed by atoms with van der Waals surface area (Å²) in [7, 11) is 1.69. The summed E-state index contributed by atoms with van der Waals surface area (Å²) in [5.41, 5.74) is 2.08. The summed E-state index contributed by atoms with van der Waals surface area (Å²) in [4.78, 5) is 18.2. The van der Waals surface area contributed by atoms with Gasteiger partial charge >= 0.3 is 0 Å². The van der Waals surface area contributed by atoms with Crippen LogP contribution in [-0.2, 0) is 11.2 Å². The number of anilines is 1. The molecule has 6 heteroatoms. The first kappa shape index (κ1) is 17.7. The number of amides is 1. The van der Waals surface area contributed by atoms with Crippen molar-refractivity contribution in [1.29, 1.82) is 5.26 Å². The molecular formula is C20H16ClN3O2. The van der Waals surface area contributed by atoms with Gasteiger partial charge in [-0.05, 0) is 42.5 Å². The van der Waals surface area contributed by atoms with E-state index >= 15 is 0 Å². The van der Waals surface area contributed by atoms with Crippen LogP contribution in [0.25, 0.3) is 11.3 Å². The van der Waals surface area contributed by atoms with Crippen molar-refractivity contribution in [1.82, 2.24) is 4.98 Å². The number of nitriles is 1. The van der Waals surface area contributed by atoms with Crippen LogP contribution in [0.3, 0.4) is 0 Å². The van der Waals surface area contributed by atoms with Crippen molar-refractivity contribution in [2.75, 3.05) is 11.9 Å². The number of halogens is 1. The van der Waals surface area contributed by atoms with Gasteiger partial charge in [-0.3, -0.25) is 4.79 Å². The van der Waals surface area contributed by atoms with Crippen molar-refractivity contribution in [2.45, 2.75) is 12.8 Å². The van der Waals surface area contributed by atoms with Gasteiger partial charge in [0.25, 0.3) is 0 Å². The molecule has 0 bridgehead atoms. The fourth-order valence-electron chi connectivity index (χ4n) is 2.48. The summed E-state index contributed by atoms with van der Waals surface area (Å²) in [5, 5.41) is 9.62. The molecule has 1 heterocycles. The number of hydrogen-bond donors (Lipinski definition) is 0. The first-order valence-corrected chi connectivity index (χ1v) is 8.42. The molecule has 0 unspecified atom stereocenters. The van der Waals surface area contributed by atoms with E-state index in [9.17, 15) is 4.79 Å². The lowest BCUT2D eigenvalue weighted by molar-refractivity contribution is -0.118. The maximum atomic E-state index is 12.4. The van der Waals surface area contributed by atoms with Crippen molar-refractivity contribution in [2.24, 2.45) is 0 Å². The Morgan fingerprint density at radius 3 is 2.77 bits per heavy atom. The first-order valence-electron chi connectivity index (χ1n) is 8.04. The summed E-state index contributed by atoms with van der Waals surface area (Å²) >= 11 is 5.88. The molecule has 3 aromatic rings. The van der Waals surface area contributed by atoms with Crippen LogP contribution < -0.4 is 4.90 Å². The summed E-state index contributed by atoms with van der Waals surface area (Å²) in [6.07, 6.45) is 2.30. The molecule has 3 rings (SSSR count). The molecule has 2 aromatic carbocycles. The topological polar surface area (TPSA) is 70.1 Å². The van der Waals surface area contributed by atoms with E-state index in [1.165, 1.54) is 4.90 Å². The van der Waals surface area contributed by atoms with Crippen molar-refractivity contribution in [3.8, 4) is 17.4 Å². The number of carbonyl (C=O) groups excluding carboxylic acids is 1. The van der Waals surface area contributed by atoms with Crippen LogP contribution in [0.15, 0.2) is 59.1 Å². The predicted octanol–water partition coefficient (Wildman–Crippen LogP) is 4.46. The summed E-state index contributed by atoms with van der Waals surface area (Å²) < 4.78 is 5.71. The first-order chi connectivity index (χ1) is 12.6. The number of aromatic nitrogens is 1.